The fourth-order valence-corrected chi connectivity index (χ4v) is 4.38. The Morgan fingerprint density at radius 2 is 2.00 bits per heavy atom. The van der Waals surface area contributed by atoms with Crippen molar-refractivity contribution in [3.8, 4) is 0 Å². The molecular formula is C17H34N2. The predicted octanol–water partition coefficient (Wildman–Crippen LogP) is 3.52. The second-order valence-electron chi connectivity index (χ2n) is 7.02. The Morgan fingerprint density at radius 1 is 1.16 bits per heavy atom. The van der Waals surface area contributed by atoms with Crippen molar-refractivity contribution in [1.82, 2.24) is 10.2 Å². The van der Waals surface area contributed by atoms with E-state index in [2.05, 4.69) is 31.1 Å². The zero-order valence-electron chi connectivity index (χ0n) is 13.3. The van der Waals surface area contributed by atoms with Gasteiger partial charge in [0.1, 0.15) is 0 Å². The Bertz CT molecular complexity index is 254. The van der Waals surface area contributed by atoms with Gasteiger partial charge in [0.15, 0.2) is 0 Å². The maximum absolute atomic E-state index is 3.62. The molecule has 2 heteroatoms. The molecule has 2 aliphatic carbocycles. The van der Waals surface area contributed by atoms with Crippen LogP contribution in [0.5, 0.6) is 0 Å². The SMILES string of the molecule is CCCNCC(CCC)N(C)CC1CC2CCC1C2. The van der Waals surface area contributed by atoms with Gasteiger partial charge in [-0.2, -0.15) is 0 Å². The van der Waals surface area contributed by atoms with E-state index in [0.29, 0.717) is 0 Å². The lowest BCUT2D eigenvalue weighted by molar-refractivity contribution is 0.162. The van der Waals surface area contributed by atoms with Crippen LogP contribution >= 0.6 is 0 Å². The van der Waals surface area contributed by atoms with Crippen LogP contribution in [-0.2, 0) is 0 Å². The quantitative estimate of drug-likeness (QED) is 0.642. The highest BCUT2D eigenvalue weighted by Gasteiger charge is 2.39. The van der Waals surface area contributed by atoms with Crippen LogP contribution in [0.4, 0.5) is 0 Å². The van der Waals surface area contributed by atoms with Gasteiger partial charge < -0.3 is 10.2 Å². The average Bonchev–Trinajstić information content (AvgIpc) is 3.00. The molecule has 0 aliphatic heterocycles. The Kier molecular flexibility index (Phi) is 6.15. The van der Waals surface area contributed by atoms with Gasteiger partial charge in [-0.25, -0.2) is 0 Å². The van der Waals surface area contributed by atoms with Crippen molar-refractivity contribution in [2.24, 2.45) is 17.8 Å². The normalized spacial score (nSPS) is 31.3. The predicted molar refractivity (Wildman–Crippen MR) is 83.4 cm³/mol. The standard InChI is InChI=1S/C17H34N2/c1-4-6-17(12-18-9-5-2)19(3)13-16-11-14-7-8-15(16)10-14/h14-18H,4-13H2,1-3H3. The number of nitrogens with zero attached hydrogens (tertiary/aromatic N) is 1. The van der Waals surface area contributed by atoms with Crippen molar-refractivity contribution in [3.63, 3.8) is 0 Å². The maximum Gasteiger partial charge on any atom is 0.0217 e. The lowest BCUT2D eigenvalue weighted by Crippen LogP contribution is -2.43. The van der Waals surface area contributed by atoms with Gasteiger partial charge in [-0.1, -0.05) is 26.7 Å². The van der Waals surface area contributed by atoms with Gasteiger partial charge in [0.25, 0.3) is 0 Å². The topological polar surface area (TPSA) is 15.3 Å². The first-order chi connectivity index (χ1) is 9.24. The lowest BCUT2D eigenvalue weighted by Gasteiger charge is -2.33. The van der Waals surface area contributed by atoms with E-state index in [1.807, 2.05) is 0 Å². The van der Waals surface area contributed by atoms with E-state index < -0.39 is 0 Å². The van der Waals surface area contributed by atoms with Crippen LogP contribution in [0.15, 0.2) is 0 Å². The van der Waals surface area contributed by atoms with Crippen LogP contribution in [0.3, 0.4) is 0 Å². The van der Waals surface area contributed by atoms with Crippen LogP contribution in [0.25, 0.3) is 0 Å². The molecule has 0 saturated heterocycles. The molecule has 0 aromatic carbocycles. The van der Waals surface area contributed by atoms with E-state index in [9.17, 15) is 0 Å². The van der Waals surface area contributed by atoms with Crippen molar-refractivity contribution in [3.05, 3.63) is 0 Å². The summed E-state index contributed by atoms with van der Waals surface area (Å²) in [4.78, 5) is 2.66. The maximum atomic E-state index is 3.62. The van der Waals surface area contributed by atoms with Gasteiger partial charge in [-0.05, 0) is 63.5 Å². The van der Waals surface area contributed by atoms with Gasteiger partial charge in [0.05, 0.1) is 0 Å². The van der Waals surface area contributed by atoms with Crippen LogP contribution in [0.1, 0.15) is 58.8 Å². The largest absolute Gasteiger partial charge is 0.315 e. The molecule has 0 aromatic rings. The summed E-state index contributed by atoms with van der Waals surface area (Å²) in [5.74, 6) is 3.17. The average molecular weight is 266 g/mol. The van der Waals surface area contributed by atoms with Gasteiger partial charge >= 0.3 is 0 Å². The van der Waals surface area contributed by atoms with Crippen molar-refractivity contribution >= 4 is 0 Å². The van der Waals surface area contributed by atoms with Gasteiger partial charge in [0.2, 0.25) is 0 Å². The number of likely N-dealkylation sites (N-methyl/N-ethyl adjacent to an activating group) is 1. The monoisotopic (exact) mass is 266 g/mol. The number of fused-ring (bicyclic) bond motifs is 2. The number of hydrogen-bond acceptors (Lipinski definition) is 2. The zero-order valence-corrected chi connectivity index (χ0v) is 13.3. The van der Waals surface area contributed by atoms with Crippen LogP contribution < -0.4 is 5.32 Å². The molecule has 2 bridgehead atoms. The summed E-state index contributed by atoms with van der Waals surface area (Å²) in [5, 5.41) is 3.62. The van der Waals surface area contributed by atoms with E-state index in [-0.39, 0.29) is 0 Å². The number of rotatable bonds is 9. The fraction of sp³-hybridized carbons (Fsp3) is 1.00. The van der Waals surface area contributed by atoms with E-state index in [4.69, 9.17) is 0 Å². The second-order valence-corrected chi connectivity index (χ2v) is 7.02. The van der Waals surface area contributed by atoms with Crippen molar-refractivity contribution < 1.29 is 0 Å². The molecule has 2 saturated carbocycles. The molecule has 0 amide bonds. The minimum absolute atomic E-state index is 0.746. The molecule has 4 atom stereocenters. The highest BCUT2D eigenvalue weighted by molar-refractivity contribution is 4.91. The summed E-state index contributed by atoms with van der Waals surface area (Å²) in [5.41, 5.74) is 0. The Labute approximate surface area is 120 Å². The summed E-state index contributed by atoms with van der Waals surface area (Å²) >= 11 is 0. The van der Waals surface area contributed by atoms with Crippen molar-refractivity contribution in [2.45, 2.75) is 64.8 Å². The highest BCUT2D eigenvalue weighted by atomic mass is 15.1. The smallest absolute Gasteiger partial charge is 0.0217 e. The molecule has 0 heterocycles. The van der Waals surface area contributed by atoms with E-state index in [1.54, 1.807) is 6.42 Å². The zero-order chi connectivity index (χ0) is 13.7. The molecule has 0 radical (unpaired) electrons. The lowest BCUT2D eigenvalue weighted by atomic mass is 9.88. The first-order valence-electron chi connectivity index (χ1n) is 8.65. The van der Waals surface area contributed by atoms with Crippen LogP contribution in [0, 0.1) is 17.8 Å². The molecule has 2 nitrogen and oxygen atoms in total. The first-order valence-corrected chi connectivity index (χ1v) is 8.65. The summed E-state index contributed by atoms with van der Waals surface area (Å²) in [7, 11) is 2.36. The number of nitrogens with one attached hydrogen (secondary N) is 1. The molecule has 19 heavy (non-hydrogen) atoms. The Morgan fingerprint density at radius 3 is 2.58 bits per heavy atom. The van der Waals surface area contributed by atoms with Gasteiger partial charge in [-0.3, -0.25) is 0 Å². The molecule has 0 spiro atoms. The van der Waals surface area contributed by atoms with Gasteiger partial charge in [-0.15, -0.1) is 0 Å². The third-order valence-electron chi connectivity index (χ3n) is 5.46. The Hall–Kier alpha value is -0.0800. The summed E-state index contributed by atoms with van der Waals surface area (Å²) in [6.45, 7) is 8.26. The molecule has 2 fully saturated rings. The second kappa shape index (κ2) is 7.64. The van der Waals surface area contributed by atoms with E-state index in [0.717, 1.165) is 23.8 Å². The molecule has 0 aromatic heterocycles. The highest BCUT2D eigenvalue weighted by Crippen LogP contribution is 2.48. The Balaban J connectivity index is 1.76. The summed E-state index contributed by atoms with van der Waals surface area (Å²) in [6, 6.07) is 0.746. The molecule has 112 valence electrons. The first kappa shape index (κ1) is 15.3. The minimum Gasteiger partial charge on any atom is -0.315 e. The third kappa shape index (κ3) is 4.19. The van der Waals surface area contributed by atoms with Crippen LogP contribution in [-0.4, -0.2) is 37.6 Å². The molecule has 2 rings (SSSR count). The van der Waals surface area contributed by atoms with Gasteiger partial charge in [0, 0.05) is 19.1 Å². The molecule has 2 aliphatic rings. The van der Waals surface area contributed by atoms with E-state index >= 15 is 0 Å². The third-order valence-corrected chi connectivity index (χ3v) is 5.46. The number of hydrogen-bond donors (Lipinski definition) is 1. The van der Waals surface area contributed by atoms with Crippen molar-refractivity contribution in [2.75, 3.05) is 26.7 Å². The summed E-state index contributed by atoms with van der Waals surface area (Å²) in [6.07, 6.45) is 10.0. The van der Waals surface area contributed by atoms with E-state index in [1.165, 1.54) is 58.2 Å². The molecule has 4 unspecified atom stereocenters. The molecular weight excluding hydrogens is 232 g/mol. The molecule has 1 N–H and O–H groups in total. The minimum atomic E-state index is 0.746. The van der Waals surface area contributed by atoms with Crippen LogP contribution in [0.2, 0.25) is 0 Å². The fourth-order valence-electron chi connectivity index (χ4n) is 4.38. The van der Waals surface area contributed by atoms with Crippen molar-refractivity contribution in [1.29, 1.82) is 0 Å². The summed E-state index contributed by atoms with van der Waals surface area (Å²) < 4.78 is 0.